The number of aliphatic carboxylic acids is 1. The molecule has 0 aromatic carbocycles. The minimum absolute atomic E-state index is 0.0189. The number of piperidine rings is 1. The summed E-state index contributed by atoms with van der Waals surface area (Å²) in [5.74, 6) is -1.23. The van der Waals surface area contributed by atoms with Gasteiger partial charge >= 0.3 is 5.97 Å². The lowest BCUT2D eigenvalue weighted by Gasteiger charge is -2.35. The van der Waals surface area contributed by atoms with Gasteiger partial charge in [0.15, 0.2) is 5.60 Å². The first-order valence-corrected chi connectivity index (χ1v) is 6.42. The Balaban J connectivity index is 2.25. The molecule has 1 amide bonds. The molecule has 1 aliphatic rings. The molecule has 1 rings (SSSR count). The van der Waals surface area contributed by atoms with E-state index in [-0.39, 0.29) is 31.8 Å². The van der Waals surface area contributed by atoms with Crippen LogP contribution < -0.4 is 0 Å². The summed E-state index contributed by atoms with van der Waals surface area (Å²) in [5, 5.41) is 18.6. The van der Waals surface area contributed by atoms with Gasteiger partial charge in [0.25, 0.3) is 0 Å². The Hall–Kier alpha value is -1.40. The molecule has 0 spiro atoms. The molecule has 0 saturated carbocycles. The smallest absolute Gasteiger partial charge is 0.335 e. The molecular formula is C13H21NO5. The molecule has 6 heteroatoms. The fourth-order valence-electron chi connectivity index (χ4n) is 1.99. The third-order valence-corrected chi connectivity index (χ3v) is 3.26. The van der Waals surface area contributed by atoms with Crippen LogP contribution in [0.2, 0.25) is 0 Å². The quantitative estimate of drug-likeness (QED) is 0.517. The molecule has 0 aliphatic carbocycles. The fraction of sp³-hybridized carbons (Fsp3) is 0.692. The second-order valence-corrected chi connectivity index (χ2v) is 4.68. The van der Waals surface area contributed by atoms with Crippen LogP contribution >= 0.6 is 0 Å². The topological polar surface area (TPSA) is 87.1 Å². The number of nitrogens with zero attached hydrogens (tertiary/aromatic N) is 1. The van der Waals surface area contributed by atoms with E-state index in [1.165, 1.54) is 0 Å². The van der Waals surface area contributed by atoms with Crippen LogP contribution in [0, 0.1) is 0 Å². The summed E-state index contributed by atoms with van der Waals surface area (Å²) in [6.45, 7) is 5.08. The van der Waals surface area contributed by atoms with Gasteiger partial charge in [-0.15, -0.1) is 6.58 Å². The average molecular weight is 271 g/mol. The fourth-order valence-corrected chi connectivity index (χ4v) is 1.99. The summed E-state index contributed by atoms with van der Waals surface area (Å²) >= 11 is 0. The van der Waals surface area contributed by atoms with Crippen molar-refractivity contribution in [2.24, 2.45) is 0 Å². The highest BCUT2D eigenvalue weighted by atomic mass is 16.5. The maximum Gasteiger partial charge on any atom is 0.335 e. The third kappa shape index (κ3) is 4.65. The second kappa shape index (κ2) is 7.25. The van der Waals surface area contributed by atoms with Crippen molar-refractivity contribution >= 4 is 11.9 Å². The minimum atomic E-state index is -1.68. The van der Waals surface area contributed by atoms with E-state index in [1.807, 2.05) is 0 Å². The SMILES string of the molecule is C=CCOCCCC(=O)N1CCC(O)(C(=O)O)CC1. The zero-order chi connectivity index (χ0) is 14.3. The molecule has 0 aromatic heterocycles. The van der Waals surface area contributed by atoms with Gasteiger partial charge in [-0.25, -0.2) is 4.79 Å². The van der Waals surface area contributed by atoms with E-state index in [0.717, 1.165) is 0 Å². The van der Waals surface area contributed by atoms with Crippen LogP contribution in [0.4, 0.5) is 0 Å². The van der Waals surface area contributed by atoms with E-state index in [1.54, 1.807) is 11.0 Å². The van der Waals surface area contributed by atoms with Crippen molar-refractivity contribution in [1.82, 2.24) is 4.90 Å². The molecule has 1 saturated heterocycles. The standard InChI is InChI=1S/C13H21NO5/c1-2-9-19-10-3-4-11(15)14-7-5-13(18,6-8-14)12(16)17/h2,18H,1,3-10H2,(H,16,17). The average Bonchev–Trinajstić information content (AvgIpc) is 2.39. The predicted octanol–water partition coefficient (Wildman–Crippen LogP) is 0.407. The first-order chi connectivity index (χ1) is 8.99. The van der Waals surface area contributed by atoms with Crippen molar-refractivity contribution in [2.75, 3.05) is 26.3 Å². The van der Waals surface area contributed by atoms with Gasteiger partial charge < -0.3 is 19.8 Å². The van der Waals surface area contributed by atoms with E-state index in [9.17, 15) is 14.7 Å². The minimum Gasteiger partial charge on any atom is -0.479 e. The van der Waals surface area contributed by atoms with Gasteiger partial charge in [0.2, 0.25) is 5.91 Å². The summed E-state index contributed by atoms with van der Waals surface area (Å²) < 4.78 is 5.18. The van der Waals surface area contributed by atoms with Gasteiger partial charge in [-0.2, -0.15) is 0 Å². The molecule has 1 aliphatic heterocycles. The molecule has 2 N–H and O–H groups in total. The summed E-state index contributed by atoms with van der Waals surface area (Å²) in [6, 6.07) is 0. The number of aliphatic hydroxyl groups is 1. The Bertz CT molecular complexity index is 334. The monoisotopic (exact) mass is 271 g/mol. The van der Waals surface area contributed by atoms with Crippen molar-refractivity contribution < 1.29 is 24.5 Å². The number of carboxylic acids is 1. The number of carbonyl (C=O) groups excluding carboxylic acids is 1. The number of hydrogen-bond acceptors (Lipinski definition) is 4. The number of rotatable bonds is 7. The van der Waals surface area contributed by atoms with Crippen LogP contribution in [0.3, 0.4) is 0 Å². The van der Waals surface area contributed by atoms with Crippen molar-refractivity contribution in [3.8, 4) is 0 Å². The molecule has 1 heterocycles. The lowest BCUT2D eigenvalue weighted by atomic mass is 9.91. The Morgan fingerprint density at radius 3 is 2.53 bits per heavy atom. The summed E-state index contributed by atoms with van der Waals surface area (Å²) in [4.78, 5) is 24.3. The predicted molar refractivity (Wildman–Crippen MR) is 68.6 cm³/mol. The first-order valence-electron chi connectivity index (χ1n) is 6.42. The Morgan fingerprint density at radius 2 is 2.00 bits per heavy atom. The summed E-state index contributed by atoms with van der Waals surface area (Å²) in [5.41, 5.74) is -1.68. The van der Waals surface area contributed by atoms with Crippen LogP contribution in [0.5, 0.6) is 0 Å². The molecule has 0 atom stereocenters. The van der Waals surface area contributed by atoms with Crippen molar-refractivity contribution in [3.05, 3.63) is 12.7 Å². The van der Waals surface area contributed by atoms with Crippen molar-refractivity contribution in [3.63, 3.8) is 0 Å². The van der Waals surface area contributed by atoms with Crippen LogP contribution in [-0.2, 0) is 14.3 Å². The Kier molecular flexibility index (Phi) is 5.98. The third-order valence-electron chi connectivity index (χ3n) is 3.26. The number of amides is 1. The van der Waals surface area contributed by atoms with Crippen LogP contribution in [0.1, 0.15) is 25.7 Å². The number of hydrogen-bond donors (Lipinski definition) is 2. The number of ether oxygens (including phenoxy) is 1. The van der Waals surface area contributed by atoms with Crippen LogP contribution in [0.25, 0.3) is 0 Å². The molecule has 1 fully saturated rings. The van der Waals surface area contributed by atoms with Gasteiger partial charge in [0, 0.05) is 39.0 Å². The Morgan fingerprint density at radius 1 is 1.37 bits per heavy atom. The summed E-state index contributed by atoms with van der Waals surface area (Å²) in [7, 11) is 0. The molecule has 0 aromatic rings. The molecule has 0 bridgehead atoms. The van der Waals surface area contributed by atoms with Gasteiger partial charge in [-0.05, 0) is 6.42 Å². The zero-order valence-corrected chi connectivity index (χ0v) is 11.0. The highest BCUT2D eigenvalue weighted by molar-refractivity contribution is 5.79. The molecule has 0 unspecified atom stereocenters. The largest absolute Gasteiger partial charge is 0.479 e. The molecular weight excluding hydrogens is 250 g/mol. The van der Waals surface area contributed by atoms with E-state index in [4.69, 9.17) is 9.84 Å². The zero-order valence-electron chi connectivity index (χ0n) is 11.0. The number of carboxylic acid groups (broad SMARTS) is 1. The van der Waals surface area contributed by atoms with E-state index in [0.29, 0.717) is 26.1 Å². The maximum atomic E-state index is 11.8. The van der Waals surface area contributed by atoms with E-state index in [2.05, 4.69) is 6.58 Å². The van der Waals surface area contributed by atoms with Gasteiger partial charge in [0.05, 0.1) is 6.61 Å². The molecule has 19 heavy (non-hydrogen) atoms. The lowest BCUT2D eigenvalue weighted by Crippen LogP contribution is -2.50. The van der Waals surface area contributed by atoms with Gasteiger partial charge in [0.1, 0.15) is 0 Å². The van der Waals surface area contributed by atoms with Gasteiger partial charge in [-0.1, -0.05) is 6.08 Å². The van der Waals surface area contributed by atoms with Crippen molar-refractivity contribution in [2.45, 2.75) is 31.3 Å². The van der Waals surface area contributed by atoms with Gasteiger partial charge in [-0.3, -0.25) is 4.79 Å². The molecule has 6 nitrogen and oxygen atoms in total. The summed E-state index contributed by atoms with van der Waals surface area (Å²) in [6.07, 6.45) is 2.83. The number of carbonyl (C=O) groups is 2. The van der Waals surface area contributed by atoms with Crippen LogP contribution in [0.15, 0.2) is 12.7 Å². The van der Waals surface area contributed by atoms with Crippen molar-refractivity contribution in [1.29, 1.82) is 0 Å². The van der Waals surface area contributed by atoms with E-state index < -0.39 is 11.6 Å². The first kappa shape index (κ1) is 15.7. The number of likely N-dealkylation sites (tertiary alicyclic amines) is 1. The highest BCUT2D eigenvalue weighted by Crippen LogP contribution is 2.22. The molecule has 0 radical (unpaired) electrons. The molecule has 108 valence electrons. The highest BCUT2D eigenvalue weighted by Gasteiger charge is 2.40. The normalized spacial score (nSPS) is 18.1. The Labute approximate surface area is 112 Å². The second-order valence-electron chi connectivity index (χ2n) is 4.68. The lowest BCUT2D eigenvalue weighted by molar-refractivity contribution is -0.165. The van der Waals surface area contributed by atoms with E-state index >= 15 is 0 Å². The van der Waals surface area contributed by atoms with Crippen LogP contribution in [-0.4, -0.2) is 58.9 Å². The maximum absolute atomic E-state index is 11.8.